The van der Waals surface area contributed by atoms with Crippen LogP contribution in [0.3, 0.4) is 0 Å². The molecule has 2 aliphatic rings. The maximum atomic E-state index is 12.2. The number of pyridine rings is 1. The highest BCUT2D eigenvalue weighted by Crippen LogP contribution is 2.36. The van der Waals surface area contributed by atoms with Crippen molar-refractivity contribution in [1.29, 1.82) is 5.26 Å². The number of rotatable bonds is 9. The van der Waals surface area contributed by atoms with Gasteiger partial charge in [-0.1, -0.05) is 6.08 Å². The molecule has 30 heavy (non-hydrogen) atoms. The third-order valence-electron chi connectivity index (χ3n) is 5.64. The van der Waals surface area contributed by atoms with Crippen LogP contribution in [0.15, 0.2) is 24.4 Å². The number of nitrogens with one attached hydrogen (secondary N) is 2. The van der Waals surface area contributed by atoms with Crippen LogP contribution in [-0.4, -0.2) is 42.6 Å². The van der Waals surface area contributed by atoms with Gasteiger partial charge in [0.2, 0.25) is 16.4 Å². The number of fused-ring (bicyclic) bond motifs is 1. The minimum Gasteiger partial charge on any atom is -0.346 e. The Balaban J connectivity index is 1.53. The van der Waals surface area contributed by atoms with Gasteiger partial charge in [-0.15, -0.1) is 0 Å². The summed E-state index contributed by atoms with van der Waals surface area (Å²) in [7, 11) is -3.38. The number of allylic oxidation sites excluding steroid dienone is 1. The standard InChI is InChI=1S/C21H25N5O3S/c22-10-1-2-12-30(28,29)25-16-5-3-15(4-6-16)19-13-20(26(14-27)17-7-8-17)24-21-18(19)9-11-23-21/h3,9,11,13-14,16-17,25H,1-2,4-8,12H2,(H,23,24). The highest BCUT2D eigenvalue weighted by Gasteiger charge is 2.31. The number of carbonyl (C=O) groups excluding carboxylic acids is 1. The molecule has 1 unspecified atom stereocenters. The van der Waals surface area contributed by atoms with Gasteiger partial charge in [-0.25, -0.2) is 18.1 Å². The molecule has 1 fully saturated rings. The van der Waals surface area contributed by atoms with Gasteiger partial charge in [-0.2, -0.15) is 5.26 Å². The molecule has 0 radical (unpaired) electrons. The molecule has 2 heterocycles. The number of anilines is 1. The molecule has 2 aromatic rings. The fraction of sp³-hybridized carbons (Fsp3) is 0.476. The Labute approximate surface area is 176 Å². The third-order valence-corrected chi connectivity index (χ3v) is 7.16. The van der Waals surface area contributed by atoms with E-state index in [1.54, 1.807) is 4.90 Å². The second-order valence-corrected chi connectivity index (χ2v) is 9.78. The summed E-state index contributed by atoms with van der Waals surface area (Å²) >= 11 is 0. The van der Waals surface area contributed by atoms with Crippen LogP contribution in [0.25, 0.3) is 16.6 Å². The number of nitriles is 1. The number of H-pyrrole nitrogens is 1. The van der Waals surface area contributed by atoms with Gasteiger partial charge in [0.15, 0.2) is 0 Å². The summed E-state index contributed by atoms with van der Waals surface area (Å²) in [6.07, 6.45) is 9.40. The summed E-state index contributed by atoms with van der Waals surface area (Å²) in [5.41, 5.74) is 2.93. The van der Waals surface area contributed by atoms with Gasteiger partial charge < -0.3 is 4.98 Å². The van der Waals surface area contributed by atoms with Crippen molar-refractivity contribution in [2.75, 3.05) is 10.7 Å². The average Bonchev–Trinajstić information content (AvgIpc) is 3.44. The first-order valence-electron chi connectivity index (χ1n) is 10.3. The predicted octanol–water partition coefficient (Wildman–Crippen LogP) is 2.85. The van der Waals surface area contributed by atoms with Gasteiger partial charge >= 0.3 is 0 Å². The van der Waals surface area contributed by atoms with Crippen LogP contribution < -0.4 is 9.62 Å². The van der Waals surface area contributed by atoms with Crippen molar-refractivity contribution in [3.63, 3.8) is 0 Å². The fourth-order valence-corrected chi connectivity index (χ4v) is 5.31. The molecule has 2 aromatic heterocycles. The first kappa shape index (κ1) is 20.6. The molecule has 0 spiro atoms. The first-order chi connectivity index (χ1) is 14.5. The van der Waals surface area contributed by atoms with Crippen molar-refractivity contribution in [3.05, 3.63) is 30.0 Å². The number of hydrogen-bond donors (Lipinski definition) is 2. The lowest BCUT2D eigenvalue weighted by Gasteiger charge is -2.24. The molecule has 0 bridgehead atoms. The van der Waals surface area contributed by atoms with E-state index >= 15 is 0 Å². The number of amides is 1. The summed E-state index contributed by atoms with van der Waals surface area (Å²) in [4.78, 5) is 21.1. The summed E-state index contributed by atoms with van der Waals surface area (Å²) in [6.45, 7) is 0. The summed E-state index contributed by atoms with van der Waals surface area (Å²) in [6, 6.07) is 6.02. The zero-order valence-electron chi connectivity index (χ0n) is 16.7. The Morgan fingerprint density at radius 2 is 2.20 bits per heavy atom. The van der Waals surface area contributed by atoms with Crippen molar-refractivity contribution in [2.24, 2.45) is 0 Å². The predicted molar refractivity (Wildman–Crippen MR) is 115 cm³/mol. The van der Waals surface area contributed by atoms with Crippen LogP contribution in [0.5, 0.6) is 0 Å². The van der Waals surface area contributed by atoms with E-state index in [1.165, 1.54) is 0 Å². The average molecular weight is 428 g/mol. The lowest BCUT2D eigenvalue weighted by Crippen LogP contribution is -2.37. The smallest absolute Gasteiger partial charge is 0.215 e. The van der Waals surface area contributed by atoms with Gasteiger partial charge in [0.05, 0.1) is 11.8 Å². The molecule has 158 valence electrons. The van der Waals surface area contributed by atoms with Crippen LogP contribution in [0, 0.1) is 11.3 Å². The molecule has 1 amide bonds. The third kappa shape index (κ3) is 4.55. The Morgan fingerprint density at radius 3 is 2.87 bits per heavy atom. The van der Waals surface area contributed by atoms with Gasteiger partial charge in [0, 0.05) is 30.1 Å². The summed E-state index contributed by atoms with van der Waals surface area (Å²) in [5.74, 6) is 0.632. The molecule has 0 aromatic carbocycles. The molecule has 8 nitrogen and oxygen atoms in total. The lowest BCUT2D eigenvalue weighted by molar-refractivity contribution is -0.107. The molecule has 0 saturated heterocycles. The molecule has 4 rings (SSSR count). The lowest BCUT2D eigenvalue weighted by atomic mass is 9.90. The molecular formula is C21H25N5O3S. The first-order valence-corrected chi connectivity index (χ1v) is 11.9. The molecule has 2 aliphatic carbocycles. The van der Waals surface area contributed by atoms with Crippen molar-refractivity contribution >= 4 is 38.9 Å². The number of aromatic nitrogens is 2. The van der Waals surface area contributed by atoms with E-state index in [2.05, 4.69) is 20.8 Å². The van der Waals surface area contributed by atoms with Crippen LogP contribution in [0.4, 0.5) is 5.82 Å². The maximum Gasteiger partial charge on any atom is 0.215 e. The van der Waals surface area contributed by atoms with Gasteiger partial charge in [-0.05, 0) is 61.8 Å². The normalized spacial score (nSPS) is 19.3. The summed E-state index contributed by atoms with van der Waals surface area (Å²) in [5, 5.41) is 9.58. The topological polar surface area (TPSA) is 119 Å². The van der Waals surface area contributed by atoms with Crippen LogP contribution >= 0.6 is 0 Å². The highest BCUT2D eigenvalue weighted by atomic mass is 32.2. The SMILES string of the molecule is N#CCCCS(=O)(=O)NC1CC=C(c2cc(N(C=O)C3CC3)nc3[nH]ccc23)CC1. The Kier molecular flexibility index (Phi) is 5.88. The minimum atomic E-state index is -3.38. The number of unbranched alkanes of at least 4 members (excludes halogenated alkanes) is 1. The van der Waals surface area contributed by atoms with Crippen molar-refractivity contribution in [2.45, 2.75) is 57.0 Å². The largest absolute Gasteiger partial charge is 0.346 e. The maximum absolute atomic E-state index is 12.2. The second-order valence-electron chi connectivity index (χ2n) is 7.91. The number of nitrogens with zero attached hydrogens (tertiary/aromatic N) is 3. The van der Waals surface area contributed by atoms with E-state index in [4.69, 9.17) is 5.26 Å². The van der Waals surface area contributed by atoms with E-state index in [-0.39, 0.29) is 24.3 Å². The number of aromatic amines is 1. The van der Waals surface area contributed by atoms with Crippen molar-refractivity contribution in [1.82, 2.24) is 14.7 Å². The summed E-state index contributed by atoms with van der Waals surface area (Å²) < 4.78 is 27.2. The highest BCUT2D eigenvalue weighted by molar-refractivity contribution is 7.89. The fourth-order valence-electron chi connectivity index (χ4n) is 3.94. The van der Waals surface area contributed by atoms with Crippen LogP contribution in [0.2, 0.25) is 0 Å². The second kappa shape index (κ2) is 8.58. The zero-order valence-corrected chi connectivity index (χ0v) is 17.5. The molecule has 1 saturated carbocycles. The molecular weight excluding hydrogens is 402 g/mol. The molecule has 1 atom stereocenters. The molecule has 2 N–H and O–H groups in total. The van der Waals surface area contributed by atoms with E-state index in [9.17, 15) is 13.2 Å². The molecule has 9 heteroatoms. The van der Waals surface area contributed by atoms with Crippen LogP contribution in [-0.2, 0) is 14.8 Å². The number of sulfonamides is 1. The molecule has 0 aliphatic heterocycles. The van der Waals surface area contributed by atoms with E-state index in [0.717, 1.165) is 47.8 Å². The van der Waals surface area contributed by atoms with Gasteiger partial charge in [0.1, 0.15) is 11.5 Å². The number of hydrogen-bond acceptors (Lipinski definition) is 5. The quantitative estimate of drug-likeness (QED) is 0.471. The Hall–Kier alpha value is -2.70. The van der Waals surface area contributed by atoms with E-state index < -0.39 is 10.0 Å². The van der Waals surface area contributed by atoms with Gasteiger partial charge in [-0.3, -0.25) is 9.69 Å². The van der Waals surface area contributed by atoms with E-state index in [1.807, 2.05) is 24.4 Å². The Bertz CT molecular complexity index is 1110. The Morgan fingerprint density at radius 1 is 1.37 bits per heavy atom. The number of carbonyl (C=O) groups is 1. The van der Waals surface area contributed by atoms with Gasteiger partial charge in [0.25, 0.3) is 0 Å². The zero-order chi connectivity index (χ0) is 21.1. The van der Waals surface area contributed by atoms with E-state index in [0.29, 0.717) is 25.1 Å². The van der Waals surface area contributed by atoms with Crippen molar-refractivity contribution < 1.29 is 13.2 Å². The van der Waals surface area contributed by atoms with Crippen LogP contribution in [0.1, 0.15) is 50.5 Å². The minimum absolute atomic E-state index is 0.0198. The monoisotopic (exact) mass is 427 g/mol. The van der Waals surface area contributed by atoms with Crippen molar-refractivity contribution in [3.8, 4) is 6.07 Å².